The van der Waals surface area contributed by atoms with Gasteiger partial charge >= 0.3 is 5.69 Å². The van der Waals surface area contributed by atoms with Gasteiger partial charge in [-0.05, 0) is 68.3 Å². The second-order valence-electron chi connectivity index (χ2n) is 7.29. The first-order valence-corrected chi connectivity index (χ1v) is 9.90. The molecule has 1 amide bonds. The van der Waals surface area contributed by atoms with Gasteiger partial charge in [0.25, 0.3) is 5.91 Å². The predicted molar refractivity (Wildman–Crippen MR) is 119 cm³/mol. The van der Waals surface area contributed by atoms with Crippen LogP contribution in [-0.2, 0) is 6.54 Å². The lowest BCUT2D eigenvalue weighted by atomic mass is 10.1. The molecule has 0 aliphatic rings. The smallest absolute Gasteiger partial charge is 0.335 e. The van der Waals surface area contributed by atoms with Crippen LogP contribution < -0.4 is 16.2 Å². The number of carbonyl (C=O) groups excluding carboxylic acids is 1. The van der Waals surface area contributed by atoms with Crippen molar-refractivity contribution in [1.29, 1.82) is 0 Å². The van der Waals surface area contributed by atoms with Crippen molar-refractivity contribution in [2.45, 2.75) is 27.3 Å². The van der Waals surface area contributed by atoms with Crippen LogP contribution in [0.15, 0.2) is 47.3 Å². The predicted octanol–water partition coefficient (Wildman–Crippen LogP) is 2.99. The number of hydrogen-bond donors (Lipinski definition) is 1. The van der Waals surface area contributed by atoms with E-state index in [0.29, 0.717) is 40.5 Å². The quantitative estimate of drug-likeness (QED) is 0.537. The number of nitrogens with two attached hydrogens (primary N) is 1. The average molecular weight is 417 g/mol. The van der Waals surface area contributed by atoms with E-state index in [4.69, 9.17) is 10.5 Å². The summed E-state index contributed by atoms with van der Waals surface area (Å²) in [6.07, 6.45) is 0. The van der Waals surface area contributed by atoms with Gasteiger partial charge in [-0.1, -0.05) is 6.07 Å². The second-order valence-corrected chi connectivity index (χ2v) is 7.29. The molecule has 2 aromatic carbocycles. The van der Waals surface area contributed by atoms with E-state index in [-0.39, 0.29) is 11.4 Å². The Bertz CT molecular complexity index is 1370. The molecule has 4 aromatic rings. The highest BCUT2D eigenvalue weighted by atomic mass is 16.5. The van der Waals surface area contributed by atoms with Crippen molar-refractivity contribution in [3.8, 4) is 22.8 Å². The van der Waals surface area contributed by atoms with Gasteiger partial charge in [-0.25, -0.2) is 19.3 Å². The fourth-order valence-corrected chi connectivity index (χ4v) is 3.59. The van der Waals surface area contributed by atoms with E-state index in [2.05, 4.69) is 9.97 Å². The van der Waals surface area contributed by atoms with Gasteiger partial charge in [0, 0.05) is 12.1 Å². The molecule has 0 radical (unpaired) electrons. The molecule has 0 saturated heterocycles. The van der Waals surface area contributed by atoms with Crippen LogP contribution in [0.2, 0.25) is 0 Å². The minimum atomic E-state index is -0.721. The molecule has 0 unspecified atom stereocenters. The zero-order chi connectivity index (χ0) is 22.3. The van der Waals surface area contributed by atoms with Gasteiger partial charge in [-0.3, -0.25) is 9.36 Å². The fraction of sp³-hybridized carbons (Fsp3) is 0.217. The summed E-state index contributed by atoms with van der Waals surface area (Å²) >= 11 is 0. The minimum absolute atomic E-state index is 0.0114. The third-order valence-corrected chi connectivity index (χ3v) is 5.42. The number of fused-ring (bicyclic) bond motifs is 1. The molecule has 0 aliphatic carbocycles. The Morgan fingerprint density at radius 3 is 2.35 bits per heavy atom. The van der Waals surface area contributed by atoms with Crippen LogP contribution in [0.5, 0.6) is 5.75 Å². The number of primary amides is 1. The van der Waals surface area contributed by atoms with Gasteiger partial charge in [0.1, 0.15) is 11.3 Å². The van der Waals surface area contributed by atoms with Gasteiger partial charge in [0.05, 0.1) is 12.8 Å². The van der Waals surface area contributed by atoms with E-state index in [1.54, 1.807) is 31.4 Å². The Morgan fingerprint density at radius 1 is 1.06 bits per heavy atom. The van der Waals surface area contributed by atoms with E-state index < -0.39 is 5.91 Å². The summed E-state index contributed by atoms with van der Waals surface area (Å²) in [7, 11) is 1.58. The van der Waals surface area contributed by atoms with E-state index in [9.17, 15) is 9.59 Å². The summed E-state index contributed by atoms with van der Waals surface area (Å²) in [5.41, 5.74) is 9.54. The number of rotatable bonds is 5. The minimum Gasteiger partial charge on any atom is -0.497 e. The molecule has 2 N–H and O–H groups in total. The zero-order valence-corrected chi connectivity index (χ0v) is 17.8. The van der Waals surface area contributed by atoms with Gasteiger partial charge in [0.15, 0.2) is 17.2 Å². The van der Waals surface area contributed by atoms with Crippen molar-refractivity contribution in [2.75, 3.05) is 7.11 Å². The standard InChI is InChI=1S/C23H23N5O3/c1-5-27-19-18(20(24)29)25-21(15-7-10-17(31-4)11-8-15)26-22(19)28(23(27)30)16-9-6-13(2)14(3)12-16/h6-12H,5H2,1-4H3,(H2,24,29). The van der Waals surface area contributed by atoms with E-state index >= 15 is 0 Å². The maximum atomic E-state index is 13.3. The molecule has 0 bridgehead atoms. The van der Waals surface area contributed by atoms with Crippen LogP contribution in [0.25, 0.3) is 28.2 Å². The van der Waals surface area contributed by atoms with Crippen LogP contribution in [0.3, 0.4) is 0 Å². The highest BCUT2D eigenvalue weighted by Gasteiger charge is 2.23. The number of benzene rings is 2. The Hall–Kier alpha value is -3.94. The van der Waals surface area contributed by atoms with Crippen molar-refractivity contribution < 1.29 is 9.53 Å². The molecule has 0 saturated carbocycles. The molecule has 2 aromatic heterocycles. The lowest BCUT2D eigenvalue weighted by Gasteiger charge is -2.09. The van der Waals surface area contributed by atoms with E-state index in [1.807, 2.05) is 39.0 Å². The molecule has 0 aliphatic heterocycles. The molecular weight excluding hydrogens is 394 g/mol. The summed E-state index contributed by atoms with van der Waals surface area (Å²) in [6, 6.07) is 12.9. The lowest BCUT2D eigenvalue weighted by molar-refractivity contribution is 0.0997. The van der Waals surface area contributed by atoms with Gasteiger partial charge in [-0.15, -0.1) is 0 Å². The van der Waals surface area contributed by atoms with Gasteiger partial charge < -0.3 is 10.5 Å². The SMILES string of the molecule is CCn1c(=O)n(-c2ccc(C)c(C)c2)c2nc(-c3ccc(OC)cc3)nc(C(N)=O)c21. The van der Waals surface area contributed by atoms with Crippen LogP contribution in [0, 0.1) is 13.8 Å². The summed E-state index contributed by atoms with van der Waals surface area (Å²) in [5, 5.41) is 0. The number of imidazole rings is 1. The maximum Gasteiger partial charge on any atom is 0.335 e. The van der Waals surface area contributed by atoms with Crippen LogP contribution in [0.1, 0.15) is 28.5 Å². The molecular formula is C23H23N5O3. The number of aromatic nitrogens is 4. The number of amides is 1. The van der Waals surface area contributed by atoms with Gasteiger partial charge in [-0.2, -0.15) is 0 Å². The maximum absolute atomic E-state index is 13.3. The Labute approximate surface area is 178 Å². The van der Waals surface area contributed by atoms with Crippen molar-refractivity contribution >= 4 is 17.1 Å². The first-order valence-electron chi connectivity index (χ1n) is 9.90. The third kappa shape index (κ3) is 3.35. The third-order valence-electron chi connectivity index (χ3n) is 5.42. The molecule has 31 heavy (non-hydrogen) atoms. The summed E-state index contributed by atoms with van der Waals surface area (Å²) in [5.74, 6) is 0.264. The Morgan fingerprint density at radius 2 is 1.77 bits per heavy atom. The summed E-state index contributed by atoms with van der Waals surface area (Å²) in [4.78, 5) is 34.7. The normalized spacial score (nSPS) is 11.1. The topological polar surface area (TPSA) is 105 Å². The van der Waals surface area contributed by atoms with Crippen LogP contribution >= 0.6 is 0 Å². The van der Waals surface area contributed by atoms with Gasteiger partial charge in [0.2, 0.25) is 0 Å². The Balaban J connectivity index is 2.09. The molecule has 0 atom stereocenters. The van der Waals surface area contributed by atoms with Crippen molar-refractivity contribution in [1.82, 2.24) is 19.1 Å². The number of hydrogen-bond acceptors (Lipinski definition) is 5. The molecule has 8 nitrogen and oxygen atoms in total. The van der Waals surface area contributed by atoms with Crippen molar-refractivity contribution in [3.05, 3.63) is 69.8 Å². The highest BCUT2D eigenvalue weighted by Crippen LogP contribution is 2.25. The number of aryl methyl sites for hydroxylation is 3. The number of carbonyl (C=O) groups is 1. The Kier molecular flexibility index (Phi) is 5.06. The lowest BCUT2D eigenvalue weighted by Crippen LogP contribution is -2.23. The first-order chi connectivity index (χ1) is 14.8. The van der Waals surface area contributed by atoms with Crippen molar-refractivity contribution in [3.63, 3.8) is 0 Å². The highest BCUT2D eigenvalue weighted by molar-refractivity contribution is 6.02. The van der Waals surface area contributed by atoms with Crippen molar-refractivity contribution in [2.24, 2.45) is 5.73 Å². The largest absolute Gasteiger partial charge is 0.497 e. The monoisotopic (exact) mass is 417 g/mol. The van der Waals surface area contributed by atoms with E-state index in [1.165, 1.54) is 9.13 Å². The van der Waals surface area contributed by atoms with E-state index in [0.717, 1.165) is 11.1 Å². The number of ether oxygens (including phenoxy) is 1. The van der Waals surface area contributed by atoms with Crippen LogP contribution in [-0.4, -0.2) is 32.1 Å². The molecule has 0 fully saturated rings. The summed E-state index contributed by atoms with van der Waals surface area (Å²) in [6.45, 7) is 6.16. The number of nitrogens with zero attached hydrogens (tertiary/aromatic N) is 4. The molecule has 4 rings (SSSR count). The molecule has 0 spiro atoms. The molecule has 8 heteroatoms. The second kappa shape index (κ2) is 7.71. The van der Waals surface area contributed by atoms with Crippen LogP contribution in [0.4, 0.5) is 0 Å². The average Bonchev–Trinajstić information content (AvgIpc) is 3.05. The molecule has 158 valence electrons. The number of methoxy groups -OCH3 is 1. The summed E-state index contributed by atoms with van der Waals surface area (Å²) < 4.78 is 8.19. The fourth-order valence-electron chi connectivity index (χ4n) is 3.59. The molecule has 2 heterocycles. The zero-order valence-electron chi connectivity index (χ0n) is 17.8. The first kappa shape index (κ1) is 20.3.